The quantitative estimate of drug-likeness (QED) is 0.150. The number of carbonyl (C=O) groups excluding carboxylic acids is 1. The van der Waals surface area contributed by atoms with Gasteiger partial charge in [-0.25, -0.2) is 9.37 Å². The number of thioether (sulfide) groups is 1. The number of nitro groups is 1. The zero-order chi connectivity index (χ0) is 23.4. The highest BCUT2D eigenvalue weighted by atomic mass is 32.2. The molecule has 7 nitrogen and oxygen atoms in total. The van der Waals surface area contributed by atoms with Crippen LogP contribution in [-0.2, 0) is 11.2 Å². The van der Waals surface area contributed by atoms with Crippen molar-refractivity contribution < 1.29 is 19.2 Å². The molecule has 1 N–H and O–H groups in total. The normalized spacial score (nSPS) is 11.3. The molecule has 4 rings (SSSR count). The molecule has 0 amide bonds. The Bertz CT molecular complexity index is 1390. The van der Waals surface area contributed by atoms with Crippen molar-refractivity contribution >= 4 is 56.7 Å². The Hall–Kier alpha value is -3.63. The fraction of sp³-hybridized carbons (Fsp3) is 0.0870. The average Bonchev–Trinajstić information content (AvgIpc) is 3.21. The number of Topliss-reactive ketones (excluding diaryl/α,β-unsaturated/α-hetero) is 1. The molecule has 0 radical (unpaired) electrons. The van der Waals surface area contributed by atoms with Crippen LogP contribution in [0.5, 0.6) is 5.75 Å². The number of fused-ring (bicyclic) bond motifs is 1. The van der Waals surface area contributed by atoms with E-state index in [-0.39, 0.29) is 40.8 Å². The number of aromatic hydroxyl groups is 1. The fourth-order valence-electron chi connectivity index (χ4n) is 2.98. The van der Waals surface area contributed by atoms with Gasteiger partial charge in [0.25, 0.3) is 5.69 Å². The summed E-state index contributed by atoms with van der Waals surface area (Å²) in [6.45, 7) is 0. The van der Waals surface area contributed by atoms with Crippen LogP contribution >= 0.6 is 23.1 Å². The van der Waals surface area contributed by atoms with Crippen LogP contribution in [0.4, 0.5) is 15.8 Å². The number of aliphatic imine (C=N–C) groups is 1. The number of hydrogen-bond acceptors (Lipinski definition) is 8. The third kappa shape index (κ3) is 5.60. The second kappa shape index (κ2) is 9.88. The molecule has 0 saturated heterocycles. The Morgan fingerprint density at radius 3 is 2.82 bits per heavy atom. The van der Waals surface area contributed by atoms with Crippen LogP contribution in [0.2, 0.25) is 0 Å². The van der Waals surface area contributed by atoms with Gasteiger partial charge in [-0.2, -0.15) is 0 Å². The molecule has 1 heterocycles. The number of phenols is 1. The van der Waals surface area contributed by atoms with Crippen molar-refractivity contribution in [1.82, 2.24) is 4.98 Å². The van der Waals surface area contributed by atoms with E-state index in [1.54, 1.807) is 30.3 Å². The van der Waals surface area contributed by atoms with Crippen LogP contribution in [0.25, 0.3) is 10.2 Å². The molecule has 0 aliphatic rings. The van der Waals surface area contributed by atoms with E-state index in [0.717, 1.165) is 10.2 Å². The summed E-state index contributed by atoms with van der Waals surface area (Å²) >= 11 is 2.71. The lowest BCUT2D eigenvalue weighted by Crippen LogP contribution is -2.07. The lowest BCUT2D eigenvalue weighted by Gasteiger charge is -2.01. The van der Waals surface area contributed by atoms with Crippen molar-refractivity contribution in [2.45, 2.75) is 10.8 Å². The SMILES string of the molecule is O=C(CSc1nc2ccc(N=Cc3cc([N+](=O)[O-])ccc3O)cc2s1)Cc1ccccc1F. The first kappa shape index (κ1) is 22.6. The van der Waals surface area contributed by atoms with Gasteiger partial charge in [0.1, 0.15) is 17.3 Å². The molecule has 4 aromatic rings. The highest BCUT2D eigenvalue weighted by molar-refractivity contribution is 8.01. The van der Waals surface area contributed by atoms with E-state index < -0.39 is 4.92 Å². The molecule has 33 heavy (non-hydrogen) atoms. The third-order valence-corrected chi connectivity index (χ3v) is 6.85. The topological polar surface area (TPSA) is 106 Å². The number of rotatable bonds is 8. The van der Waals surface area contributed by atoms with Gasteiger partial charge in [-0.15, -0.1) is 11.3 Å². The number of halogens is 1. The van der Waals surface area contributed by atoms with Gasteiger partial charge in [-0.1, -0.05) is 30.0 Å². The molecule has 0 unspecified atom stereocenters. The van der Waals surface area contributed by atoms with Crippen molar-refractivity contribution in [3.63, 3.8) is 0 Å². The largest absolute Gasteiger partial charge is 0.507 e. The first-order chi connectivity index (χ1) is 15.9. The Morgan fingerprint density at radius 1 is 1.21 bits per heavy atom. The van der Waals surface area contributed by atoms with E-state index in [1.807, 2.05) is 6.07 Å². The molecule has 166 valence electrons. The number of phenolic OH excluding ortho intramolecular Hbond substituents is 1. The second-order valence-electron chi connectivity index (χ2n) is 6.99. The van der Waals surface area contributed by atoms with E-state index in [9.17, 15) is 24.4 Å². The van der Waals surface area contributed by atoms with Crippen LogP contribution in [0.15, 0.2) is 70.0 Å². The first-order valence-corrected chi connectivity index (χ1v) is 11.5. The summed E-state index contributed by atoms with van der Waals surface area (Å²) in [7, 11) is 0. The minimum absolute atomic E-state index is 0.0356. The standard InChI is InChI=1S/C23H16FN3O4S2/c24-19-4-2-1-3-14(19)10-18(28)13-32-23-26-20-7-5-16(11-22(20)33-23)25-12-15-9-17(27(30)31)6-8-21(15)29/h1-9,11-12,29H,10,13H2. The van der Waals surface area contributed by atoms with Crippen LogP contribution in [-0.4, -0.2) is 32.8 Å². The molecule has 0 bridgehead atoms. The number of non-ortho nitro benzene ring substituents is 1. The Balaban J connectivity index is 1.44. The predicted octanol–water partition coefficient (Wildman–Crippen LogP) is 5.70. The number of thiazole rings is 1. The van der Waals surface area contributed by atoms with Gasteiger partial charge in [0.05, 0.1) is 26.6 Å². The van der Waals surface area contributed by atoms with E-state index in [0.29, 0.717) is 15.6 Å². The molecule has 0 aliphatic heterocycles. The summed E-state index contributed by atoms with van der Waals surface area (Å²) < 4.78 is 15.3. The van der Waals surface area contributed by atoms with Gasteiger partial charge in [0.2, 0.25) is 0 Å². The van der Waals surface area contributed by atoms with Crippen LogP contribution < -0.4 is 0 Å². The number of carbonyl (C=O) groups is 1. The van der Waals surface area contributed by atoms with Gasteiger partial charge >= 0.3 is 0 Å². The van der Waals surface area contributed by atoms with Gasteiger partial charge in [-0.05, 0) is 35.9 Å². The lowest BCUT2D eigenvalue weighted by atomic mass is 10.1. The maximum atomic E-state index is 13.7. The zero-order valence-corrected chi connectivity index (χ0v) is 18.6. The molecule has 0 fully saturated rings. The van der Waals surface area contributed by atoms with E-state index in [4.69, 9.17) is 0 Å². The Kier molecular flexibility index (Phi) is 6.76. The molecular weight excluding hydrogens is 465 g/mol. The average molecular weight is 482 g/mol. The lowest BCUT2D eigenvalue weighted by molar-refractivity contribution is -0.384. The van der Waals surface area contributed by atoms with Crippen molar-refractivity contribution in [3.8, 4) is 5.75 Å². The van der Waals surface area contributed by atoms with Gasteiger partial charge in [-0.3, -0.25) is 19.9 Å². The van der Waals surface area contributed by atoms with E-state index in [1.165, 1.54) is 53.6 Å². The van der Waals surface area contributed by atoms with Crippen molar-refractivity contribution in [2.75, 3.05) is 5.75 Å². The fourth-order valence-corrected chi connectivity index (χ4v) is 4.95. The third-order valence-electron chi connectivity index (χ3n) is 4.63. The first-order valence-electron chi connectivity index (χ1n) is 9.69. The minimum atomic E-state index is -0.541. The number of hydrogen-bond donors (Lipinski definition) is 1. The molecule has 0 saturated carbocycles. The van der Waals surface area contributed by atoms with Crippen molar-refractivity contribution in [1.29, 1.82) is 0 Å². The predicted molar refractivity (Wildman–Crippen MR) is 127 cm³/mol. The van der Waals surface area contributed by atoms with Crippen LogP contribution in [0, 0.1) is 15.9 Å². The highest BCUT2D eigenvalue weighted by Crippen LogP contribution is 2.32. The summed E-state index contributed by atoms with van der Waals surface area (Å²) in [4.78, 5) is 31.4. The molecule has 1 aromatic heterocycles. The smallest absolute Gasteiger partial charge is 0.270 e. The van der Waals surface area contributed by atoms with Gasteiger partial charge in [0.15, 0.2) is 4.34 Å². The van der Waals surface area contributed by atoms with Gasteiger partial charge in [0, 0.05) is 30.3 Å². The Labute approximate surface area is 195 Å². The molecule has 0 aliphatic carbocycles. The van der Waals surface area contributed by atoms with E-state index >= 15 is 0 Å². The number of benzene rings is 3. The number of ketones is 1. The Morgan fingerprint density at radius 2 is 2.03 bits per heavy atom. The number of aromatic nitrogens is 1. The van der Waals surface area contributed by atoms with Crippen LogP contribution in [0.3, 0.4) is 0 Å². The molecule has 0 atom stereocenters. The second-order valence-corrected chi connectivity index (χ2v) is 9.24. The summed E-state index contributed by atoms with van der Waals surface area (Å²) in [6, 6.07) is 15.3. The maximum Gasteiger partial charge on any atom is 0.270 e. The van der Waals surface area contributed by atoms with Gasteiger partial charge < -0.3 is 5.11 Å². The molecular formula is C23H16FN3O4S2. The maximum absolute atomic E-state index is 13.7. The summed E-state index contributed by atoms with van der Waals surface area (Å²) in [5.74, 6) is -0.402. The van der Waals surface area contributed by atoms with Crippen molar-refractivity contribution in [3.05, 3.63) is 87.7 Å². The zero-order valence-electron chi connectivity index (χ0n) is 17.0. The number of nitrogens with zero attached hydrogens (tertiary/aromatic N) is 3. The van der Waals surface area contributed by atoms with Crippen LogP contribution in [0.1, 0.15) is 11.1 Å². The molecule has 0 spiro atoms. The summed E-state index contributed by atoms with van der Waals surface area (Å²) in [5, 5.41) is 20.8. The summed E-state index contributed by atoms with van der Waals surface area (Å²) in [5.41, 5.74) is 1.81. The molecule has 10 heteroatoms. The summed E-state index contributed by atoms with van der Waals surface area (Å²) in [6.07, 6.45) is 1.40. The van der Waals surface area contributed by atoms with Crippen molar-refractivity contribution in [2.24, 2.45) is 4.99 Å². The van der Waals surface area contributed by atoms with E-state index in [2.05, 4.69) is 9.98 Å². The highest BCUT2D eigenvalue weighted by Gasteiger charge is 2.12. The minimum Gasteiger partial charge on any atom is -0.507 e. The molecule has 3 aromatic carbocycles. The number of nitro benzene ring substituents is 1. The monoisotopic (exact) mass is 481 g/mol.